The monoisotopic (exact) mass is 767 g/mol. The third-order valence-corrected chi connectivity index (χ3v) is 11.8. The highest BCUT2D eigenvalue weighted by atomic mass is 16.5. The number of hydrogen-bond donors (Lipinski definition) is 0. The summed E-state index contributed by atoms with van der Waals surface area (Å²) < 4.78 is 6.67. The van der Waals surface area contributed by atoms with E-state index in [9.17, 15) is 0 Å². The maximum Gasteiger partial charge on any atom is 0.164 e. The van der Waals surface area contributed by atoms with Crippen LogP contribution >= 0.6 is 0 Å². The van der Waals surface area contributed by atoms with Crippen molar-refractivity contribution in [1.29, 1.82) is 0 Å². The zero-order chi connectivity index (χ0) is 39.6. The van der Waals surface area contributed by atoms with E-state index in [0.717, 1.165) is 89.3 Å². The first kappa shape index (κ1) is 34.0. The molecule has 0 amide bonds. The normalized spacial score (nSPS) is 12.9. The lowest BCUT2D eigenvalue weighted by molar-refractivity contribution is 0.436. The molecule has 0 atom stereocenters. The summed E-state index contributed by atoms with van der Waals surface area (Å²) in [6.45, 7) is 0. The number of benzene rings is 8. The summed E-state index contributed by atoms with van der Waals surface area (Å²) in [6.07, 6.45) is 0. The lowest BCUT2D eigenvalue weighted by Crippen LogP contribution is -2.32. The standard InChI is InChI=1S/C54H33N5O/c1-4-17-34(18-5-1)49-38-23-10-13-28-45(38)55-52(56-49)37-31-32-41-40(33-37)48-39(53-58-50(35-19-6-2-7-20-35)57-51(59-53)36-21-8-3-9-22-36)24-16-27-44(48)54(41)42-25-11-14-29-46(42)60-47-30-15-12-26-43(47)54/h1-33H. The van der Waals surface area contributed by atoms with Gasteiger partial charge < -0.3 is 4.74 Å². The fourth-order valence-electron chi connectivity index (χ4n) is 9.23. The molecule has 8 aromatic carbocycles. The van der Waals surface area contributed by atoms with Crippen LogP contribution < -0.4 is 4.74 Å². The minimum Gasteiger partial charge on any atom is -0.457 e. The van der Waals surface area contributed by atoms with Gasteiger partial charge in [-0.2, -0.15) is 0 Å². The van der Waals surface area contributed by atoms with Crippen molar-refractivity contribution in [1.82, 2.24) is 24.9 Å². The minimum absolute atomic E-state index is 0.593. The third kappa shape index (κ3) is 5.17. The number of rotatable bonds is 5. The van der Waals surface area contributed by atoms with Crippen molar-refractivity contribution in [2.24, 2.45) is 0 Å². The summed E-state index contributed by atoms with van der Waals surface area (Å²) in [5, 5.41) is 1.01. The molecule has 0 saturated carbocycles. The van der Waals surface area contributed by atoms with Gasteiger partial charge in [-0.25, -0.2) is 24.9 Å². The van der Waals surface area contributed by atoms with E-state index >= 15 is 0 Å². The molecule has 0 saturated heterocycles. The Morgan fingerprint density at radius 3 is 1.53 bits per heavy atom. The van der Waals surface area contributed by atoms with Gasteiger partial charge in [0.05, 0.1) is 16.6 Å². The number of ether oxygens (including phenoxy) is 1. The molecule has 0 unspecified atom stereocenters. The van der Waals surface area contributed by atoms with Gasteiger partial charge in [-0.15, -0.1) is 0 Å². The van der Waals surface area contributed by atoms with Crippen LogP contribution in [0.1, 0.15) is 22.3 Å². The van der Waals surface area contributed by atoms with E-state index < -0.39 is 5.41 Å². The van der Waals surface area contributed by atoms with Gasteiger partial charge in [0.25, 0.3) is 0 Å². The number of para-hydroxylation sites is 3. The van der Waals surface area contributed by atoms with E-state index in [0.29, 0.717) is 23.3 Å². The number of hydrogen-bond acceptors (Lipinski definition) is 6. The predicted octanol–water partition coefficient (Wildman–Crippen LogP) is 12.6. The summed E-state index contributed by atoms with van der Waals surface area (Å²) in [4.78, 5) is 26.1. The van der Waals surface area contributed by atoms with Crippen LogP contribution in [0.2, 0.25) is 0 Å². The van der Waals surface area contributed by atoms with E-state index in [-0.39, 0.29) is 0 Å². The third-order valence-electron chi connectivity index (χ3n) is 11.8. The van der Waals surface area contributed by atoms with Gasteiger partial charge in [0.1, 0.15) is 11.5 Å². The van der Waals surface area contributed by atoms with Crippen molar-refractivity contribution < 1.29 is 4.74 Å². The molecule has 280 valence electrons. The van der Waals surface area contributed by atoms with Crippen LogP contribution in [-0.4, -0.2) is 24.9 Å². The molecule has 6 heteroatoms. The lowest BCUT2D eigenvalue weighted by atomic mass is 9.66. The SMILES string of the molecule is c1ccc(-c2nc(-c3ccccc3)nc(-c3cccc4c3-c3cc(-c5nc(-c6ccccc6)c6ccccc6n5)ccc3C43c4ccccc4Oc4ccccc43)n2)cc1. The maximum atomic E-state index is 6.67. The van der Waals surface area contributed by atoms with Gasteiger partial charge in [-0.05, 0) is 46.5 Å². The highest BCUT2D eigenvalue weighted by molar-refractivity contribution is 5.98. The van der Waals surface area contributed by atoms with Gasteiger partial charge >= 0.3 is 0 Å². The second-order valence-corrected chi connectivity index (χ2v) is 15.2. The zero-order valence-electron chi connectivity index (χ0n) is 32.2. The molecule has 12 rings (SSSR count). The summed E-state index contributed by atoms with van der Waals surface area (Å²) in [5.41, 5.74) is 12.3. The molecule has 0 radical (unpaired) electrons. The molecule has 1 aliphatic heterocycles. The van der Waals surface area contributed by atoms with Gasteiger partial charge in [-0.1, -0.05) is 176 Å². The summed E-state index contributed by atoms with van der Waals surface area (Å²) >= 11 is 0. The Hall–Kier alpha value is -8.09. The fourth-order valence-corrected chi connectivity index (χ4v) is 9.23. The molecule has 1 aliphatic carbocycles. The van der Waals surface area contributed by atoms with E-state index in [1.54, 1.807) is 0 Å². The highest BCUT2D eigenvalue weighted by Crippen LogP contribution is 2.63. The Bertz CT molecular complexity index is 3190. The average Bonchev–Trinajstić information content (AvgIpc) is 3.62. The minimum atomic E-state index is -0.707. The second kappa shape index (κ2) is 13.5. The molecule has 60 heavy (non-hydrogen) atoms. The van der Waals surface area contributed by atoms with Crippen LogP contribution in [0.25, 0.3) is 78.8 Å². The molecule has 1 spiro atoms. The Morgan fingerprint density at radius 1 is 0.333 bits per heavy atom. The Kier molecular flexibility index (Phi) is 7.65. The summed E-state index contributed by atoms with van der Waals surface area (Å²) in [5.74, 6) is 4.12. The average molecular weight is 768 g/mol. The van der Waals surface area contributed by atoms with E-state index in [4.69, 9.17) is 29.7 Å². The van der Waals surface area contributed by atoms with Crippen LogP contribution in [0.3, 0.4) is 0 Å². The summed E-state index contributed by atoms with van der Waals surface area (Å²) in [7, 11) is 0. The molecule has 0 bridgehead atoms. The molecule has 10 aromatic rings. The molecule has 2 aromatic heterocycles. The maximum absolute atomic E-state index is 6.67. The van der Waals surface area contributed by atoms with E-state index in [1.807, 2.05) is 91.0 Å². The number of aromatic nitrogens is 5. The zero-order valence-corrected chi connectivity index (χ0v) is 32.2. The fraction of sp³-hybridized carbons (Fsp3) is 0.0185. The lowest BCUT2D eigenvalue weighted by Gasteiger charge is -2.39. The first-order valence-corrected chi connectivity index (χ1v) is 20.1. The quantitative estimate of drug-likeness (QED) is 0.174. The van der Waals surface area contributed by atoms with Gasteiger partial charge in [0, 0.05) is 44.3 Å². The molecule has 0 fully saturated rings. The highest BCUT2D eigenvalue weighted by Gasteiger charge is 2.52. The van der Waals surface area contributed by atoms with Gasteiger partial charge in [0.2, 0.25) is 0 Å². The smallest absolute Gasteiger partial charge is 0.164 e. The topological polar surface area (TPSA) is 73.7 Å². The van der Waals surface area contributed by atoms with Crippen molar-refractivity contribution >= 4 is 10.9 Å². The van der Waals surface area contributed by atoms with Crippen LogP contribution in [-0.2, 0) is 5.41 Å². The van der Waals surface area contributed by atoms with Gasteiger partial charge in [-0.3, -0.25) is 0 Å². The Labute approximate surface area is 346 Å². The molecule has 3 heterocycles. The molecular weight excluding hydrogens is 735 g/mol. The molecule has 2 aliphatic rings. The summed E-state index contributed by atoms with van der Waals surface area (Å²) in [6, 6.07) is 68.9. The van der Waals surface area contributed by atoms with Crippen molar-refractivity contribution in [3.8, 4) is 79.4 Å². The van der Waals surface area contributed by atoms with E-state index in [1.165, 1.54) is 0 Å². The van der Waals surface area contributed by atoms with Crippen LogP contribution in [0, 0.1) is 0 Å². The molecule has 6 nitrogen and oxygen atoms in total. The van der Waals surface area contributed by atoms with Crippen molar-refractivity contribution in [2.45, 2.75) is 5.41 Å². The van der Waals surface area contributed by atoms with Crippen LogP contribution in [0.15, 0.2) is 200 Å². The van der Waals surface area contributed by atoms with Crippen LogP contribution in [0.4, 0.5) is 0 Å². The number of nitrogens with zero attached hydrogens (tertiary/aromatic N) is 5. The second-order valence-electron chi connectivity index (χ2n) is 15.2. The Morgan fingerprint density at radius 2 is 0.867 bits per heavy atom. The number of fused-ring (bicyclic) bond motifs is 10. The molecule has 0 N–H and O–H groups in total. The predicted molar refractivity (Wildman–Crippen MR) is 237 cm³/mol. The first-order chi connectivity index (χ1) is 29.7. The van der Waals surface area contributed by atoms with Crippen molar-refractivity contribution in [3.63, 3.8) is 0 Å². The Balaban J connectivity index is 1.17. The van der Waals surface area contributed by atoms with Crippen LogP contribution in [0.5, 0.6) is 11.5 Å². The van der Waals surface area contributed by atoms with E-state index in [2.05, 4.69) is 109 Å². The molecular formula is C54H33N5O. The first-order valence-electron chi connectivity index (χ1n) is 20.1. The van der Waals surface area contributed by atoms with Crippen molar-refractivity contribution in [2.75, 3.05) is 0 Å². The van der Waals surface area contributed by atoms with Crippen molar-refractivity contribution in [3.05, 3.63) is 222 Å². The van der Waals surface area contributed by atoms with Gasteiger partial charge in [0.15, 0.2) is 23.3 Å². The largest absolute Gasteiger partial charge is 0.457 e.